The second-order valence-corrected chi connectivity index (χ2v) is 5.28. The molecular formula is C11H20N2O. The number of nitrogens with zero attached hydrogens (tertiary/aromatic N) is 1. The van der Waals surface area contributed by atoms with E-state index in [4.69, 9.17) is 0 Å². The molecule has 3 rings (SSSR count). The van der Waals surface area contributed by atoms with E-state index in [1.54, 1.807) is 0 Å². The zero-order valence-electron chi connectivity index (χ0n) is 8.65. The van der Waals surface area contributed by atoms with Crippen molar-refractivity contribution in [1.29, 1.82) is 0 Å². The van der Waals surface area contributed by atoms with Crippen LogP contribution < -0.4 is 5.32 Å². The highest BCUT2D eigenvalue weighted by atomic mass is 16.3. The lowest BCUT2D eigenvalue weighted by Crippen LogP contribution is -2.41. The zero-order chi connectivity index (χ0) is 9.54. The van der Waals surface area contributed by atoms with Gasteiger partial charge in [-0.2, -0.15) is 0 Å². The van der Waals surface area contributed by atoms with E-state index in [0.29, 0.717) is 6.04 Å². The van der Waals surface area contributed by atoms with Crippen molar-refractivity contribution >= 4 is 0 Å². The molecule has 3 nitrogen and oxygen atoms in total. The molecule has 0 aromatic rings. The van der Waals surface area contributed by atoms with Crippen LogP contribution in [0.1, 0.15) is 25.7 Å². The zero-order valence-corrected chi connectivity index (χ0v) is 8.65. The van der Waals surface area contributed by atoms with E-state index in [0.717, 1.165) is 31.5 Å². The molecule has 3 aliphatic rings. The Morgan fingerprint density at radius 2 is 2.21 bits per heavy atom. The van der Waals surface area contributed by atoms with Crippen LogP contribution in [-0.4, -0.2) is 47.8 Å². The van der Waals surface area contributed by atoms with E-state index in [2.05, 4.69) is 10.2 Å². The molecule has 2 heterocycles. The van der Waals surface area contributed by atoms with Crippen molar-refractivity contribution in [3.05, 3.63) is 0 Å². The van der Waals surface area contributed by atoms with Gasteiger partial charge in [0.1, 0.15) is 0 Å². The summed E-state index contributed by atoms with van der Waals surface area (Å²) in [6.45, 7) is 3.28. The summed E-state index contributed by atoms with van der Waals surface area (Å²) in [6, 6.07) is 1.42. The van der Waals surface area contributed by atoms with Crippen LogP contribution in [0.25, 0.3) is 0 Å². The minimum absolute atomic E-state index is 0.0974. The number of piperidine rings is 1. The van der Waals surface area contributed by atoms with Crippen LogP contribution in [0.15, 0.2) is 0 Å². The summed E-state index contributed by atoms with van der Waals surface area (Å²) in [5, 5.41) is 12.8. The van der Waals surface area contributed by atoms with Crippen LogP contribution in [0.4, 0.5) is 0 Å². The van der Waals surface area contributed by atoms with E-state index in [-0.39, 0.29) is 6.10 Å². The maximum atomic E-state index is 9.42. The molecule has 14 heavy (non-hydrogen) atoms. The largest absolute Gasteiger partial charge is 0.392 e. The van der Waals surface area contributed by atoms with Crippen molar-refractivity contribution in [1.82, 2.24) is 10.2 Å². The van der Waals surface area contributed by atoms with Crippen LogP contribution >= 0.6 is 0 Å². The lowest BCUT2D eigenvalue weighted by Gasteiger charge is -2.29. The first-order valence-electron chi connectivity index (χ1n) is 5.97. The van der Waals surface area contributed by atoms with Crippen molar-refractivity contribution in [2.45, 2.75) is 43.9 Å². The normalized spacial score (nSPS) is 47.8. The van der Waals surface area contributed by atoms with Gasteiger partial charge >= 0.3 is 0 Å². The highest BCUT2D eigenvalue weighted by Gasteiger charge is 2.39. The monoisotopic (exact) mass is 196 g/mol. The van der Waals surface area contributed by atoms with Gasteiger partial charge in [-0.1, -0.05) is 0 Å². The van der Waals surface area contributed by atoms with E-state index >= 15 is 0 Å². The number of hydrogen-bond acceptors (Lipinski definition) is 3. The van der Waals surface area contributed by atoms with Gasteiger partial charge in [0, 0.05) is 31.7 Å². The summed E-state index contributed by atoms with van der Waals surface area (Å²) in [4.78, 5) is 2.64. The fourth-order valence-corrected chi connectivity index (χ4v) is 3.47. The van der Waals surface area contributed by atoms with Crippen LogP contribution in [0, 0.1) is 5.92 Å². The minimum Gasteiger partial charge on any atom is -0.392 e. The number of aliphatic hydroxyl groups is 1. The number of likely N-dealkylation sites (tertiary alicyclic amines) is 1. The van der Waals surface area contributed by atoms with Crippen LogP contribution in [-0.2, 0) is 0 Å². The highest BCUT2D eigenvalue weighted by Crippen LogP contribution is 2.37. The van der Waals surface area contributed by atoms with Gasteiger partial charge < -0.3 is 10.4 Å². The van der Waals surface area contributed by atoms with Crippen LogP contribution in [0.5, 0.6) is 0 Å². The minimum atomic E-state index is -0.0974. The average Bonchev–Trinajstić information content (AvgIpc) is 2.82. The molecule has 80 valence electrons. The van der Waals surface area contributed by atoms with E-state index in [1.807, 2.05) is 0 Å². The molecule has 0 radical (unpaired) electrons. The van der Waals surface area contributed by atoms with Gasteiger partial charge in [-0.05, 0) is 31.6 Å². The van der Waals surface area contributed by atoms with Gasteiger partial charge in [0.15, 0.2) is 0 Å². The van der Waals surface area contributed by atoms with Crippen molar-refractivity contribution < 1.29 is 5.11 Å². The summed E-state index contributed by atoms with van der Waals surface area (Å²) in [5.41, 5.74) is 0. The van der Waals surface area contributed by atoms with E-state index in [1.165, 1.54) is 25.8 Å². The lowest BCUT2D eigenvalue weighted by molar-refractivity contribution is 0.175. The van der Waals surface area contributed by atoms with Gasteiger partial charge in [0.05, 0.1) is 6.10 Å². The second kappa shape index (κ2) is 3.47. The number of rotatable bonds is 2. The number of β-amino-alcohol motifs (C(OH)–C–C–N with tert-alkyl or cyclic N) is 1. The SMILES string of the molecule is OC1CNC(CN2CC3CCC2C3)C1. The first-order chi connectivity index (χ1) is 6.81. The van der Waals surface area contributed by atoms with Gasteiger partial charge in [-0.15, -0.1) is 0 Å². The molecule has 1 aliphatic carbocycles. The molecular weight excluding hydrogens is 176 g/mol. The topological polar surface area (TPSA) is 35.5 Å². The third-order valence-electron chi connectivity index (χ3n) is 4.18. The number of fused-ring (bicyclic) bond motifs is 2. The summed E-state index contributed by atoms with van der Waals surface area (Å²) < 4.78 is 0. The predicted molar refractivity (Wildman–Crippen MR) is 55.1 cm³/mol. The summed E-state index contributed by atoms with van der Waals surface area (Å²) >= 11 is 0. The molecule has 2 bridgehead atoms. The number of aliphatic hydroxyl groups excluding tert-OH is 1. The summed E-state index contributed by atoms with van der Waals surface area (Å²) in [6.07, 6.45) is 5.17. The molecule has 0 aromatic heterocycles. The highest BCUT2D eigenvalue weighted by molar-refractivity contribution is 4.95. The molecule has 0 amide bonds. The van der Waals surface area contributed by atoms with Crippen molar-refractivity contribution in [3.63, 3.8) is 0 Å². The maximum Gasteiger partial charge on any atom is 0.0680 e. The van der Waals surface area contributed by atoms with E-state index < -0.39 is 0 Å². The molecule has 4 unspecified atom stereocenters. The van der Waals surface area contributed by atoms with Gasteiger partial charge in [-0.3, -0.25) is 4.90 Å². The Balaban J connectivity index is 1.53. The third-order valence-corrected chi connectivity index (χ3v) is 4.18. The Bertz CT molecular complexity index is 221. The molecule has 3 heteroatoms. The fourth-order valence-electron chi connectivity index (χ4n) is 3.47. The Morgan fingerprint density at radius 3 is 2.79 bits per heavy atom. The lowest BCUT2D eigenvalue weighted by atomic mass is 10.1. The summed E-state index contributed by atoms with van der Waals surface area (Å²) in [7, 11) is 0. The van der Waals surface area contributed by atoms with Crippen molar-refractivity contribution in [2.24, 2.45) is 5.92 Å². The number of nitrogens with one attached hydrogen (secondary N) is 1. The molecule has 2 N–H and O–H groups in total. The quantitative estimate of drug-likeness (QED) is 0.662. The first kappa shape index (κ1) is 9.13. The Labute approximate surface area is 85.5 Å². The summed E-state index contributed by atoms with van der Waals surface area (Å²) in [5.74, 6) is 0.992. The second-order valence-electron chi connectivity index (χ2n) is 5.28. The smallest absolute Gasteiger partial charge is 0.0680 e. The molecule has 1 saturated carbocycles. The first-order valence-corrected chi connectivity index (χ1v) is 5.97. The molecule has 0 aromatic carbocycles. The third kappa shape index (κ3) is 1.58. The Kier molecular flexibility index (Phi) is 2.26. The van der Waals surface area contributed by atoms with Gasteiger partial charge in [0.2, 0.25) is 0 Å². The average molecular weight is 196 g/mol. The molecule has 2 aliphatic heterocycles. The molecule has 4 atom stereocenters. The van der Waals surface area contributed by atoms with Gasteiger partial charge in [0.25, 0.3) is 0 Å². The van der Waals surface area contributed by atoms with Gasteiger partial charge in [-0.25, -0.2) is 0 Å². The maximum absolute atomic E-state index is 9.42. The molecule has 3 fully saturated rings. The number of hydrogen-bond donors (Lipinski definition) is 2. The fraction of sp³-hybridized carbons (Fsp3) is 1.00. The predicted octanol–water partition coefficient (Wildman–Crippen LogP) is 0.193. The van der Waals surface area contributed by atoms with Crippen LogP contribution in [0.3, 0.4) is 0 Å². The van der Waals surface area contributed by atoms with Crippen LogP contribution in [0.2, 0.25) is 0 Å². The standard InChI is InChI=1S/C11H20N2O/c14-11-4-9(12-5-11)7-13-6-8-1-2-10(13)3-8/h8-12,14H,1-7H2. The van der Waals surface area contributed by atoms with Crippen molar-refractivity contribution in [2.75, 3.05) is 19.6 Å². The Hall–Kier alpha value is -0.120. The molecule has 0 spiro atoms. The van der Waals surface area contributed by atoms with Crippen molar-refractivity contribution in [3.8, 4) is 0 Å². The Morgan fingerprint density at radius 1 is 1.29 bits per heavy atom. The van der Waals surface area contributed by atoms with E-state index in [9.17, 15) is 5.11 Å². The molecule has 2 saturated heterocycles.